The van der Waals surface area contributed by atoms with E-state index in [1.54, 1.807) is 7.05 Å². The summed E-state index contributed by atoms with van der Waals surface area (Å²) in [5.74, 6) is -0.543. The maximum absolute atomic E-state index is 12.8. The molecule has 0 bridgehead atoms. The zero-order valence-electron chi connectivity index (χ0n) is 10.6. The van der Waals surface area contributed by atoms with E-state index < -0.39 is 0 Å². The van der Waals surface area contributed by atoms with Gasteiger partial charge >= 0.3 is 0 Å². The molecule has 0 aromatic heterocycles. The van der Waals surface area contributed by atoms with Gasteiger partial charge in [-0.3, -0.25) is 4.79 Å². The fourth-order valence-corrected chi connectivity index (χ4v) is 1.80. The van der Waals surface area contributed by atoms with Crippen LogP contribution in [0.4, 0.5) is 10.1 Å². The first-order valence-corrected chi connectivity index (χ1v) is 5.94. The quantitative estimate of drug-likeness (QED) is 0.919. The topological polar surface area (TPSA) is 46.3 Å². The van der Waals surface area contributed by atoms with Crippen LogP contribution in [0.2, 0.25) is 0 Å². The van der Waals surface area contributed by atoms with Crippen molar-refractivity contribution in [1.29, 1.82) is 0 Å². The molecule has 19 heavy (non-hydrogen) atoms. The van der Waals surface area contributed by atoms with Crippen LogP contribution in [0.5, 0.6) is 0 Å². The van der Waals surface area contributed by atoms with Gasteiger partial charge in [-0.2, -0.15) is 0 Å². The van der Waals surface area contributed by atoms with Crippen molar-refractivity contribution >= 4 is 11.6 Å². The first-order valence-electron chi connectivity index (χ1n) is 5.94. The first kappa shape index (κ1) is 13.2. The molecule has 0 fully saturated rings. The molecule has 0 aliphatic heterocycles. The summed E-state index contributed by atoms with van der Waals surface area (Å²) >= 11 is 0. The largest absolute Gasteiger partial charge is 0.326 e. The molecular weight excluding hydrogens is 243 g/mol. The highest BCUT2D eigenvalue weighted by Gasteiger charge is 2.13. The zero-order valence-corrected chi connectivity index (χ0v) is 10.6. The average Bonchev–Trinajstić information content (AvgIpc) is 2.46. The molecule has 0 saturated heterocycles. The van der Waals surface area contributed by atoms with Crippen molar-refractivity contribution in [3.8, 4) is 0 Å². The van der Waals surface area contributed by atoms with Gasteiger partial charge in [-0.25, -0.2) is 4.39 Å². The van der Waals surface area contributed by atoms with Gasteiger partial charge in [0, 0.05) is 24.8 Å². The summed E-state index contributed by atoms with van der Waals surface area (Å²) < 4.78 is 12.8. The fourth-order valence-electron chi connectivity index (χ4n) is 1.80. The van der Waals surface area contributed by atoms with E-state index in [1.165, 1.54) is 29.2 Å². The van der Waals surface area contributed by atoms with Crippen LogP contribution < -0.4 is 10.6 Å². The molecule has 0 atom stereocenters. The van der Waals surface area contributed by atoms with Crippen LogP contribution in [-0.4, -0.2) is 13.0 Å². The lowest BCUT2D eigenvalue weighted by atomic mass is 10.1. The number of rotatable bonds is 3. The van der Waals surface area contributed by atoms with E-state index >= 15 is 0 Å². The van der Waals surface area contributed by atoms with Crippen molar-refractivity contribution < 1.29 is 9.18 Å². The smallest absolute Gasteiger partial charge is 0.258 e. The number of nitrogens with zero attached hydrogens (tertiary/aromatic N) is 1. The van der Waals surface area contributed by atoms with Crippen LogP contribution in [0.25, 0.3) is 0 Å². The van der Waals surface area contributed by atoms with Gasteiger partial charge < -0.3 is 10.6 Å². The molecule has 0 radical (unpaired) electrons. The number of hydrogen-bond donors (Lipinski definition) is 1. The molecule has 0 heterocycles. The van der Waals surface area contributed by atoms with Gasteiger partial charge in [-0.05, 0) is 42.0 Å². The third-order valence-corrected chi connectivity index (χ3v) is 2.93. The lowest BCUT2D eigenvalue weighted by molar-refractivity contribution is 0.0993. The lowest BCUT2D eigenvalue weighted by Gasteiger charge is -2.18. The molecule has 0 aliphatic carbocycles. The Morgan fingerprint density at radius 3 is 2.53 bits per heavy atom. The van der Waals surface area contributed by atoms with Crippen molar-refractivity contribution in [1.82, 2.24) is 0 Å². The van der Waals surface area contributed by atoms with Gasteiger partial charge in [0.25, 0.3) is 5.91 Å². The van der Waals surface area contributed by atoms with Crippen LogP contribution in [0.3, 0.4) is 0 Å². The van der Waals surface area contributed by atoms with E-state index in [1.807, 2.05) is 24.3 Å². The number of carbonyl (C=O) groups is 1. The number of amides is 1. The SMILES string of the molecule is CN(C(=O)c1ccc(F)cc1)c1cccc(CN)c1. The fraction of sp³-hybridized carbons (Fsp3) is 0.133. The Bertz CT molecular complexity index is 581. The molecule has 0 saturated carbocycles. The standard InChI is InChI=1S/C15H15FN2O/c1-18(14-4-2-3-11(9-14)10-17)15(19)12-5-7-13(16)8-6-12/h2-9H,10,17H2,1H3. The molecule has 2 aromatic carbocycles. The maximum Gasteiger partial charge on any atom is 0.258 e. The van der Waals surface area contributed by atoms with Crippen LogP contribution in [0.15, 0.2) is 48.5 Å². The van der Waals surface area contributed by atoms with Crippen LogP contribution in [-0.2, 0) is 6.54 Å². The van der Waals surface area contributed by atoms with E-state index in [0.29, 0.717) is 12.1 Å². The number of anilines is 1. The summed E-state index contributed by atoms with van der Waals surface area (Å²) in [4.78, 5) is 13.7. The second-order valence-electron chi connectivity index (χ2n) is 4.25. The highest BCUT2D eigenvalue weighted by molar-refractivity contribution is 6.05. The molecule has 0 unspecified atom stereocenters. The molecule has 2 N–H and O–H groups in total. The van der Waals surface area contributed by atoms with Gasteiger partial charge in [0.05, 0.1) is 0 Å². The molecule has 1 amide bonds. The normalized spacial score (nSPS) is 10.3. The molecule has 2 aromatic rings. The molecule has 0 spiro atoms. The molecule has 2 rings (SSSR count). The Morgan fingerprint density at radius 1 is 1.21 bits per heavy atom. The number of carbonyl (C=O) groups excluding carboxylic acids is 1. The second-order valence-corrected chi connectivity index (χ2v) is 4.25. The molecule has 98 valence electrons. The Morgan fingerprint density at radius 2 is 1.89 bits per heavy atom. The molecule has 4 heteroatoms. The van der Waals surface area contributed by atoms with Crippen molar-refractivity contribution in [3.05, 3.63) is 65.5 Å². The Labute approximate surface area is 111 Å². The first-order chi connectivity index (χ1) is 9.11. The van der Waals surface area contributed by atoms with Crippen LogP contribution in [0, 0.1) is 5.82 Å². The van der Waals surface area contributed by atoms with E-state index in [-0.39, 0.29) is 11.7 Å². The monoisotopic (exact) mass is 258 g/mol. The lowest BCUT2D eigenvalue weighted by Crippen LogP contribution is -2.26. The minimum atomic E-state index is -0.357. The van der Waals surface area contributed by atoms with Gasteiger partial charge in [-0.15, -0.1) is 0 Å². The predicted octanol–water partition coefficient (Wildman–Crippen LogP) is 2.56. The number of nitrogens with two attached hydrogens (primary N) is 1. The van der Waals surface area contributed by atoms with Crippen molar-refractivity contribution in [2.24, 2.45) is 5.73 Å². The molecular formula is C15H15FN2O. The van der Waals surface area contributed by atoms with E-state index in [9.17, 15) is 9.18 Å². The summed E-state index contributed by atoms with van der Waals surface area (Å²) in [6.07, 6.45) is 0. The summed E-state index contributed by atoms with van der Waals surface area (Å²) in [6, 6.07) is 12.9. The predicted molar refractivity (Wildman–Crippen MR) is 73.5 cm³/mol. The van der Waals surface area contributed by atoms with Crippen LogP contribution >= 0.6 is 0 Å². The number of halogens is 1. The Balaban J connectivity index is 2.25. The Kier molecular flexibility index (Phi) is 3.92. The summed E-state index contributed by atoms with van der Waals surface area (Å²) in [5, 5.41) is 0. The van der Waals surface area contributed by atoms with E-state index in [0.717, 1.165) is 11.3 Å². The number of benzene rings is 2. The third-order valence-electron chi connectivity index (χ3n) is 2.93. The van der Waals surface area contributed by atoms with Crippen molar-refractivity contribution in [2.45, 2.75) is 6.54 Å². The maximum atomic E-state index is 12.8. The van der Waals surface area contributed by atoms with Gasteiger partial charge in [-0.1, -0.05) is 12.1 Å². The number of hydrogen-bond acceptors (Lipinski definition) is 2. The highest BCUT2D eigenvalue weighted by Crippen LogP contribution is 2.17. The summed E-state index contributed by atoms with van der Waals surface area (Å²) in [6.45, 7) is 0.423. The Hall–Kier alpha value is -2.20. The highest BCUT2D eigenvalue weighted by atomic mass is 19.1. The average molecular weight is 258 g/mol. The summed E-state index contributed by atoms with van der Waals surface area (Å²) in [7, 11) is 1.68. The summed E-state index contributed by atoms with van der Waals surface area (Å²) in [5.41, 5.74) is 7.74. The van der Waals surface area contributed by atoms with Gasteiger partial charge in [0.15, 0.2) is 0 Å². The third kappa shape index (κ3) is 2.98. The zero-order chi connectivity index (χ0) is 13.8. The van der Waals surface area contributed by atoms with E-state index in [2.05, 4.69) is 0 Å². The minimum Gasteiger partial charge on any atom is -0.326 e. The van der Waals surface area contributed by atoms with Crippen molar-refractivity contribution in [2.75, 3.05) is 11.9 Å². The molecule has 3 nitrogen and oxygen atoms in total. The van der Waals surface area contributed by atoms with E-state index in [4.69, 9.17) is 5.73 Å². The van der Waals surface area contributed by atoms with Gasteiger partial charge in [0.2, 0.25) is 0 Å². The van der Waals surface area contributed by atoms with Gasteiger partial charge in [0.1, 0.15) is 5.82 Å². The second kappa shape index (κ2) is 5.63. The molecule has 0 aliphatic rings. The van der Waals surface area contributed by atoms with Crippen molar-refractivity contribution in [3.63, 3.8) is 0 Å². The minimum absolute atomic E-state index is 0.186. The van der Waals surface area contributed by atoms with Crippen LogP contribution in [0.1, 0.15) is 15.9 Å².